The number of benzene rings is 1. The van der Waals surface area contributed by atoms with Gasteiger partial charge < -0.3 is 11.1 Å². The number of halogens is 1. The summed E-state index contributed by atoms with van der Waals surface area (Å²) in [7, 11) is 0. The maximum atomic E-state index is 11.9. The lowest BCUT2D eigenvalue weighted by Crippen LogP contribution is -2.11. The average Bonchev–Trinajstić information content (AvgIpc) is 2.78. The number of nitrogens with zero attached hydrogens (tertiary/aromatic N) is 1. The number of anilines is 2. The van der Waals surface area contributed by atoms with Gasteiger partial charge in [0.05, 0.1) is 19.9 Å². The van der Waals surface area contributed by atoms with Gasteiger partial charge >= 0.3 is 0 Å². The van der Waals surface area contributed by atoms with Gasteiger partial charge in [-0.05, 0) is 46.3 Å². The normalized spacial score (nSPS) is 9.78. The Morgan fingerprint density at radius 3 is 2.78 bits per heavy atom. The van der Waals surface area contributed by atoms with Gasteiger partial charge in [-0.2, -0.15) is 5.26 Å². The largest absolute Gasteiger partial charge is 0.399 e. The Balaban J connectivity index is 2.25. The van der Waals surface area contributed by atoms with Gasteiger partial charge in [0, 0.05) is 5.69 Å². The zero-order valence-electron chi connectivity index (χ0n) is 9.11. The minimum atomic E-state index is -0.244. The highest BCUT2D eigenvalue weighted by molar-refractivity contribution is 9.11. The molecule has 0 spiro atoms. The van der Waals surface area contributed by atoms with Crippen molar-refractivity contribution in [3.63, 3.8) is 0 Å². The van der Waals surface area contributed by atoms with Crippen LogP contribution in [-0.4, -0.2) is 5.91 Å². The number of thiophene rings is 1. The quantitative estimate of drug-likeness (QED) is 0.833. The molecule has 0 atom stereocenters. The molecule has 0 saturated carbocycles. The van der Waals surface area contributed by atoms with Crippen LogP contribution >= 0.6 is 27.3 Å². The van der Waals surface area contributed by atoms with Crippen LogP contribution in [-0.2, 0) is 0 Å². The van der Waals surface area contributed by atoms with E-state index in [0.29, 0.717) is 21.8 Å². The Morgan fingerprint density at radius 1 is 1.39 bits per heavy atom. The van der Waals surface area contributed by atoms with Crippen LogP contribution in [0.3, 0.4) is 0 Å². The molecule has 0 aliphatic carbocycles. The van der Waals surface area contributed by atoms with Crippen LogP contribution in [0, 0.1) is 11.3 Å². The summed E-state index contributed by atoms with van der Waals surface area (Å²) in [5.41, 5.74) is 6.88. The Kier molecular flexibility index (Phi) is 3.65. The Morgan fingerprint density at radius 2 is 2.17 bits per heavy atom. The highest BCUT2D eigenvalue weighted by Gasteiger charge is 2.11. The second kappa shape index (κ2) is 5.21. The van der Waals surface area contributed by atoms with Crippen LogP contribution in [0.25, 0.3) is 0 Å². The van der Waals surface area contributed by atoms with Crippen molar-refractivity contribution in [2.45, 2.75) is 0 Å². The standard InChI is InChI=1S/C12H8BrN3OS/c13-11-4-3-10(18-11)12(17)16-9-2-1-8(15)5-7(9)6-14/h1-5H,15H2,(H,16,17). The molecule has 0 fully saturated rings. The number of nitriles is 1. The number of hydrogen-bond acceptors (Lipinski definition) is 4. The lowest BCUT2D eigenvalue weighted by molar-refractivity contribution is 0.103. The number of carbonyl (C=O) groups excluding carboxylic acids is 1. The molecule has 2 rings (SSSR count). The molecular formula is C12H8BrN3OS. The van der Waals surface area contributed by atoms with E-state index >= 15 is 0 Å². The molecule has 90 valence electrons. The number of carbonyl (C=O) groups is 1. The first-order valence-electron chi connectivity index (χ1n) is 4.96. The number of rotatable bonds is 2. The van der Waals surface area contributed by atoms with Crippen LogP contribution in [0.5, 0.6) is 0 Å². The second-order valence-electron chi connectivity index (χ2n) is 3.47. The van der Waals surface area contributed by atoms with Gasteiger partial charge in [-0.3, -0.25) is 4.79 Å². The number of amides is 1. The van der Waals surface area contributed by atoms with Gasteiger partial charge in [0.25, 0.3) is 5.91 Å². The summed E-state index contributed by atoms with van der Waals surface area (Å²) < 4.78 is 0.880. The monoisotopic (exact) mass is 321 g/mol. The van der Waals surface area contributed by atoms with Crippen molar-refractivity contribution in [1.29, 1.82) is 5.26 Å². The zero-order chi connectivity index (χ0) is 13.1. The van der Waals surface area contributed by atoms with E-state index in [-0.39, 0.29) is 5.91 Å². The Bertz CT molecular complexity index is 645. The maximum Gasteiger partial charge on any atom is 0.265 e. The van der Waals surface area contributed by atoms with Gasteiger partial charge in [0.1, 0.15) is 6.07 Å². The van der Waals surface area contributed by atoms with E-state index in [9.17, 15) is 4.79 Å². The van der Waals surface area contributed by atoms with E-state index in [1.54, 1.807) is 24.3 Å². The predicted octanol–water partition coefficient (Wildman–Crippen LogP) is 3.22. The van der Waals surface area contributed by atoms with E-state index in [4.69, 9.17) is 11.0 Å². The van der Waals surface area contributed by atoms with E-state index in [2.05, 4.69) is 21.2 Å². The van der Waals surface area contributed by atoms with Crippen LogP contribution in [0.2, 0.25) is 0 Å². The van der Waals surface area contributed by atoms with Gasteiger partial charge in [0.2, 0.25) is 0 Å². The van der Waals surface area contributed by atoms with E-state index in [1.165, 1.54) is 17.4 Å². The van der Waals surface area contributed by atoms with Crippen LogP contribution < -0.4 is 11.1 Å². The van der Waals surface area contributed by atoms with Gasteiger partial charge in [-0.1, -0.05) is 0 Å². The maximum absolute atomic E-state index is 11.9. The number of nitrogen functional groups attached to an aromatic ring is 1. The van der Waals surface area contributed by atoms with Gasteiger partial charge in [0.15, 0.2) is 0 Å². The molecule has 0 aliphatic heterocycles. The average molecular weight is 322 g/mol. The minimum Gasteiger partial charge on any atom is -0.399 e. The van der Waals surface area contributed by atoms with E-state index in [1.807, 2.05) is 6.07 Å². The number of hydrogen-bond donors (Lipinski definition) is 2. The molecule has 4 nitrogen and oxygen atoms in total. The Hall–Kier alpha value is -1.84. The van der Waals surface area contributed by atoms with Crippen molar-refractivity contribution in [1.82, 2.24) is 0 Å². The highest BCUT2D eigenvalue weighted by atomic mass is 79.9. The first-order valence-corrected chi connectivity index (χ1v) is 6.57. The van der Waals surface area contributed by atoms with Crippen molar-refractivity contribution in [2.75, 3.05) is 11.1 Å². The molecule has 3 N–H and O–H groups in total. The third-order valence-corrected chi connectivity index (χ3v) is 3.83. The fourth-order valence-electron chi connectivity index (χ4n) is 1.38. The number of nitrogens with one attached hydrogen (secondary N) is 1. The summed E-state index contributed by atoms with van der Waals surface area (Å²) in [4.78, 5) is 12.5. The molecule has 18 heavy (non-hydrogen) atoms. The predicted molar refractivity (Wildman–Crippen MR) is 75.5 cm³/mol. The molecular weight excluding hydrogens is 314 g/mol. The van der Waals surface area contributed by atoms with Gasteiger partial charge in [-0.25, -0.2) is 0 Å². The third-order valence-electron chi connectivity index (χ3n) is 2.21. The lowest BCUT2D eigenvalue weighted by Gasteiger charge is -2.06. The molecule has 2 aromatic rings. The SMILES string of the molecule is N#Cc1cc(N)ccc1NC(=O)c1ccc(Br)s1. The topological polar surface area (TPSA) is 78.9 Å². The number of nitrogens with two attached hydrogens (primary N) is 1. The lowest BCUT2D eigenvalue weighted by atomic mass is 10.1. The highest BCUT2D eigenvalue weighted by Crippen LogP contribution is 2.24. The second-order valence-corrected chi connectivity index (χ2v) is 5.94. The molecule has 1 aromatic carbocycles. The first kappa shape index (κ1) is 12.6. The van der Waals surface area contributed by atoms with Crippen LogP contribution in [0.1, 0.15) is 15.2 Å². The molecule has 0 radical (unpaired) electrons. The molecule has 0 unspecified atom stereocenters. The molecule has 1 aromatic heterocycles. The van der Waals surface area contributed by atoms with E-state index in [0.717, 1.165) is 3.79 Å². The van der Waals surface area contributed by atoms with Crippen molar-refractivity contribution >= 4 is 44.5 Å². The summed E-state index contributed by atoms with van der Waals surface area (Å²) in [6, 6.07) is 10.3. The summed E-state index contributed by atoms with van der Waals surface area (Å²) in [6.07, 6.45) is 0. The van der Waals surface area contributed by atoms with Crippen LogP contribution in [0.15, 0.2) is 34.1 Å². The molecule has 0 saturated heterocycles. The van der Waals surface area contributed by atoms with Crippen molar-refractivity contribution in [2.24, 2.45) is 0 Å². The molecule has 0 bridgehead atoms. The summed E-state index contributed by atoms with van der Waals surface area (Å²) in [6.45, 7) is 0. The van der Waals surface area contributed by atoms with Crippen molar-refractivity contribution < 1.29 is 4.79 Å². The van der Waals surface area contributed by atoms with Crippen molar-refractivity contribution in [3.8, 4) is 6.07 Å². The fourth-order valence-corrected chi connectivity index (χ4v) is 2.66. The molecule has 0 aliphatic rings. The Labute approximate surface area is 116 Å². The fraction of sp³-hybridized carbons (Fsp3) is 0. The smallest absolute Gasteiger partial charge is 0.265 e. The summed E-state index contributed by atoms with van der Waals surface area (Å²) in [5.74, 6) is -0.244. The first-order chi connectivity index (χ1) is 8.60. The third kappa shape index (κ3) is 2.70. The van der Waals surface area contributed by atoms with Crippen molar-refractivity contribution in [3.05, 3.63) is 44.6 Å². The van der Waals surface area contributed by atoms with E-state index < -0.39 is 0 Å². The molecule has 1 amide bonds. The molecule has 6 heteroatoms. The summed E-state index contributed by atoms with van der Waals surface area (Å²) >= 11 is 4.62. The summed E-state index contributed by atoms with van der Waals surface area (Å²) in [5, 5.41) is 11.7. The van der Waals surface area contributed by atoms with Gasteiger partial charge in [-0.15, -0.1) is 11.3 Å². The minimum absolute atomic E-state index is 0.244. The zero-order valence-corrected chi connectivity index (χ0v) is 11.5. The molecule has 1 heterocycles. The van der Waals surface area contributed by atoms with Crippen LogP contribution in [0.4, 0.5) is 11.4 Å².